The average Bonchev–Trinajstić information content (AvgIpc) is 2.37. The lowest BCUT2D eigenvalue weighted by atomic mass is 10.0. The second kappa shape index (κ2) is 5.56. The third-order valence-electron chi connectivity index (χ3n) is 3.07. The number of allylic oxidation sites excluding steroid dienone is 1. The van der Waals surface area contributed by atoms with Gasteiger partial charge in [0.1, 0.15) is 5.76 Å². The molecule has 2 nitrogen and oxygen atoms in total. The molecule has 0 aromatic heterocycles. The maximum atomic E-state index is 6.36. The van der Waals surface area contributed by atoms with Crippen LogP contribution in [0.5, 0.6) is 0 Å². The number of hydrogen-bond donors (Lipinski definition) is 1. The Kier molecular flexibility index (Phi) is 4.08. The van der Waals surface area contributed by atoms with Gasteiger partial charge in [0.15, 0.2) is 0 Å². The summed E-state index contributed by atoms with van der Waals surface area (Å²) >= 11 is 6.36. The summed E-state index contributed by atoms with van der Waals surface area (Å²) < 4.78 is 5.72. The predicted octanol–water partition coefficient (Wildman–Crippen LogP) is 3.60. The third kappa shape index (κ3) is 2.64. The van der Waals surface area contributed by atoms with E-state index in [1.807, 2.05) is 26.1 Å². The van der Waals surface area contributed by atoms with Gasteiger partial charge in [-0.3, -0.25) is 0 Å². The SMILES string of the molecule is CNC(C1=CCCCO1)c1cccc(C)c1Cl. The lowest BCUT2D eigenvalue weighted by Crippen LogP contribution is -2.22. The fourth-order valence-corrected chi connectivity index (χ4v) is 2.36. The van der Waals surface area contributed by atoms with E-state index in [0.717, 1.165) is 41.4 Å². The van der Waals surface area contributed by atoms with Gasteiger partial charge in [0.2, 0.25) is 0 Å². The molecular weight excluding hydrogens is 234 g/mol. The van der Waals surface area contributed by atoms with E-state index in [2.05, 4.69) is 17.5 Å². The lowest BCUT2D eigenvalue weighted by Gasteiger charge is -2.25. The smallest absolute Gasteiger partial charge is 0.113 e. The highest BCUT2D eigenvalue weighted by Crippen LogP contribution is 2.32. The molecule has 92 valence electrons. The highest BCUT2D eigenvalue weighted by Gasteiger charge is 2.20. The molecule has 0 saturated heterocycles. The van der Waals surface area contributed by atoms with Crippen molar-refractivity contribution in [2.75, 3.05) is 13.7 Å². The van der Waals surface area contributed by atoms with Gasteiger partial charge in [-0.15, -0.1) is 0 Å². The molecule has 1 aromatic rings. The molecule has 3 heteroatoms. The van der Waals surface area contributed by atoms with Crippen molar-refractivity contribution in [3.05, 3.63) is 46.2 Å². The molecule has 1 aromatic carbocycles. The number of ether oxygens (including phenoxy) is 1. The van der Waals surface area contributed by atoms with Crippen LogP contribution in [0, 0.1) is 6.92 Å². The first-order valence-electron chi connectivity index (χ1n) is 5.99. The Morgan fingerprint density at radius 3 is 2.88 bits per heavy atom. The second-order valence-corrected chi connectivity index (χ2v) is 4.67. The monoisotopic (exact) mass is 251 g/mol. The highest BCUT2D eigenvalue weighted by molar-refractivity contribution is 6.32. The third-order valence-corrected chi connectivity index (χ3v) is 3.58. The molecule has 1 N–H and O–H groups in total. The van der Waals surface area contributed by atoms with Crippen molar-refractivity contribution in [3.63, 3.8) is 0 Å². The summed E-state index contributed by atoms with van der Waals surface area (Å²) in [7, 11) is 1.93. The summed E-state index contributed by atoms with van der Waals surface area (Å²) in [5.74, 6) is 0.992. The fraction of sp³-hybridized carbons (Fsp3) is 0.429. The van der Waals surface area contributed by atoms with Crippen LogP contribution in [0.1, 0.15) is 30.0 Å². The van der Waals surface area contributed by atoms with E-state index in [9.17, 15) is 0 Å². The van der Waals surface area contributed by atoms with Crippen molar-refractivity contribution in [1.29, 1.82) is 0 Å². The van der Waals surface area contributed by atoms with Gasteiger partial charge in [0, 0.05) is 5.02 Å². The van der Waals surface area contributed by atoms with E-state index in [1.54, 1.807) is 0 Å². The van der Waals surface area contributed by atoms with Crippen LogP contribution in [0.3, 0.4) is 0 Å². The molecule has 0 spiro atoms. The molecule has 17 heavy (non-hydrogen) atoms. The zero-order chi connectivity index (χ0) is 12.3. The van der Waals surface area contributed by atoms with Gasteiger partial charge in [-0.2, -0.15) is 0 Å². The largest absolute Gasteiger partial charge is 0.496 e. The molecule has 1 aliphatic heterocycles. The number of nitrogens with one attached hydrogen (secondary N) is 1. The van der Waals surface area contributed by atoms with Crippen molar-refractivity contribution < 1.29 is 4.74 Å². The molecule has 0 fully saturated rings. The van der Waals surface area contributed by atoms with Crippen LogP contribution in [0.25, 0.3) is 0 Å². The summed E-state index contributed by atoms with van der Waals surface area (Å²) in [4.78, 5) is 0. The van der Waals surface area contributed by atoms with Crippen LogP contribution in [0.2, 0.25) is 5.02 Å². The Balaban J connectivity index is 2.34. The Morgan fingerprint density at radius 1 is 1.41 bits per heavy atom. The molecule has 0 saturated carbocycles. The van der Waals surface area contributed by atoms with E-state index >= 15 is 0 Å². The summed E-state index contributed by atoms with van der Waals surface area (Å²) in [6.07, 6.45) is 4.34. The minimum atomic E-state index is 0.0581. The average molecular weight is 252 g/mol. The van der Waals surface area contributed by atoms with Crippen molar-refractivity contribution in [2.24, 2.45) is 0 Å². The molecule has 0 bridgehead atoms. The van der Waals surface area contributed by atoms with Gasteiger partial charge in [0.25, 0.3) is 0 Å². The first-order valence-corrected chi connectivity index (χ1v) is 6.37. The summed E-state index contributed by atoms with van der Waals surface area (Å²) in [6, 6.07) is 6.16. The number of hydrogen-bond acceptors (Lipinski definition) is 2. The Morgan fingerprint density at radius 2 is 2.24 bits per heavy atom. The van der Waals surface area contributed by atoms with Gasteiger partial charge >= 0.3 is 0 Å². The van der Waals surface area contributed by atoms with E-state index < -0.39 is 0 Å². The standard InChI is InChI=1S/C14H18ClNO/c1-10-6-5-7-11(13(10)15)14(16-2)12-8-3-4-9-17-12/h5-8,14,16H,3-4,9H2,1-2H3. The maximum absolute atomic E-state index is 6.36. The molecule has 0 amide bonds. The molecule has 0 radical (unpaired) electrons. The molecule has 1 atom stereocenters. The van der Waals surface area contributed by atoms with Crippen LogP contribution < -0.4 is 5.32 Å². The molecule has 1 aliphatic rings. The minimum Gasteiger partial charge on any atom is -0.496 e. The first-order chi connectivity index (χ1) is 8.24. The first kappa shape index (κ1) is 12.5. The van der Waals surface area contributed by atoms with Gasteiger partial charge in [-0.1, -0.05) is 29.8 Å². The Labute approximate surface area is 108 Å². The second-order valence-electron chi connectivity index (χ2n) is 4.30. The van der Waals surface area contributed by atoms with E-state index in [-0.39, 0.29) is 6.04 Å². The summed E-state index contributed by atoms with van der Waals surface area (Å²) in [5, 5.41) is 4.10. The maximum Gasteiger partial charge on any atom is 0.113 e. The summed E-state index contributed by atoms with van der Waals surface area (Å²) in [5.41, 5.74) is 2.18. The molecule has 0 aliphatic carbocycles. The minimum absolute atomic E-state index is 0.0581. The number of rotatable bonds is 3. The quantitative estimate of drug-likeness (QED) is 0.886. The van der Waals surface area contributed by atoms with E-state index in [1.165, 1.54) is 0 Å². The molecule has 1 heterocycles. The predicted molar refractivity (Wildman–Crippen MR) is 71.3 cm³/mol. The van der Waals surface area contributed by atoms with Crippen LogP contribution in [0.4, 0.5) is 0 Å². The highest BCUT2D eigenvalue weighted by atomic mass is 35.5. The zero-order valence-corrected chi connectivity index (χ0v) is 11.1. The van der Waals surface area contributed by atoms with Crippen LogP contribution in [0.15, 0.2) is 30.0 Å². The van der Waals surface area contributed by atoms with Gasteiger partial charge < -0.3 is 10.1 Å². The lowest BCUT2D eigenvalue weighted by molar-refractivity contribution is 0.169. The van der Waals surface area contributed by atoms with Crippen molar-refractivity contribution in [2.45, 2.75) is 25.8 Å². The number of benzene rings is 1. The number of aryl methyl sites for hydroxylation is 1. The van der Waals surface area contributed by atoms with Gasteiger partial charge in [0.05, 0.1) is 12.6 Å². The Bertz CT molecular complexity index is 428. The van der Waals surface area contributed by atoms with Crippen molar-refractivity contribution in [1.82, 2.24) is 5.32 Å². The van der Waals surface area contributed by atoms with Crippen LogP contribution in [-0.2, 0) is 4.74 Å². The van der Waals surface area contributed by atoms with Gasteiger partial charge in [-0.25, -0.2) is 0 Å². The van der Waals surface area contributed by atoms with E-state index in [4.69, 9.17) is 16.3 Å². The number of halogens is 1. The summed E-state index contributed by atoms with van der Waals surface area (Å²) in [6.45, 7) is 2.82. The Hall–Kier alpha value is -0.990. The van der Waals surface area contributed by atoms with Crippen molar-refractivity contribution >= 4 is 11.6 Å². The van der Waals surface area contributed by atoms with E-state index in [0.29, 0.717) is 0 Å². The van der Waals surface area contributed by atoms with Gasteiger partial charge in [-0.05, 0) is 44.0 Å². The normalized spacial score (nSPS) is 17.2. The molecular formula is C14H18ClNO. The molecule has 1 unspecified atom stereocenters. The number of likely N-dealkylation sites (N-methyl/N-ethyl adjacent to an activating group) is 1. The van der Waals surface area contributed by atoms with Crippen molar-refractivity contribution in [3.8, 4) is 0 Å². The fourth-order valence-electron chi connectivity index (χ4n) is 2.12. The topological polar surface area (TPSA) is 21.3 Å². The molecule has 2 rings (SSSR count). The van der Waals surface area contributed by atoms with Crippen LogP contribution >= 0.6 is 11.6 Å². The van der Waals surface area contributed by atoms with Crippen LogP contribution in [-0.4, -0.2) is 13.7 Å². The zero-order valence-electron chi connectivity index (χ0n) is 10.3.